The van der Waals surface area contributed by atoms with Gasteiger partial charge in [-0.3, -0.25) is 4.79 Å². The monoisotopic (exact) mass is 523 g/mol. The third-order valence-corrected chi connectivity index (χ3v) is 7.42. The largest absolute Gasteiger partial charge is 0.359 e. The number of amides is 1. The second kappa shape index (κ2) is 11.8. The molecule has 1 amide bonds. The van der Waals surface area contributed by atoms with E-state index in [0.29, 0.717) is 48.4 Å². The smallest absolute Gasteiger partial charge is 0.242 e. The van der Waals surface area contributed by atoms with Gasteiger partial charge in [-0.15, -0.1) is 0 Å². The number of fused-ring (bicyclic) bond motifs is 1. The minimum atomic E-state index is -0.567. The highest BCUT2D eigenvalue weighted by atomic mass is 19.1. The lowest BCUT2D eigenvalue weighted by Gasteiger charge is -2.29. The van der Waals surface area contributed by atoms with Gasteiger partial charge in [-0.25, -0.2) is 8.78 Å². The second-order valence-electron chi connectivity index (χ2n) is 11.6. The normalized spacial score (nSPS) is 17.1. The molecule has 1 aliphatic carbocycles. The number of aromatic nitrogens is 1. The molecule has 0 fully saturated rings. The summed E-state index contributed by atoms with van der Waals surface area (Å²) in [7, 11) is 0. The van der Waals surface area contributed by atoms with Gasteiger partial charge >= 0.3 is 0 Å². The fourth-order valence-electron chi connectivity index (χ4n) is 5.20. The molecular weight excluding hydrogens is 484 g/mol. The lowest BCUT2D eigenvalue weighted by atomic mass is 9.86. The number of nitrogens with one attached hydrogen (secondary N) is 2. The van der Waals surface area contributed by atoms with E-state index in [1.807, 2.05) is 6.92 Å². The molecule has 0 bridgehead atoms. The summed E-state index contributed by atoms with van der Waals surface area (Å²) in [4.78, 5) is 13.1. The zero-order valence-corrected chi connectivity index (χ0v) is 23.0. The maximum Gasteiger partial charge on any atom is 0.242 e. The number of nitrogens with zero attached hydrogens (tertiary/aromatic N) is 1. The lowest BCUT2D eigenvalue weighted by Crippen LogP contribution is -2.47. The Labute approximate surface area is 224 Å². The Morgan fingerprint density at radius 3 is 2.58 bits per heavy atom. The molecule has 0 saturated carbocycles. The summed E-state index contributed by atoms with van der Waals surface area (Å²) < 4.78 is 33.4. The van der Waals surface area contributed by atoms with Crippen molar-refractivity contribution in [2.45, 2.75) is 96.6 Å². The molecule has 0 aliphatic heterocycles. The third-order valence-electron chi connectivity index (χ3n) is 7.42. The van der Waals surface area contributed by atoms with Gasteiger partial charge in [0.2, 0.25) is 5.91 Å². The molecule has 204 valence electrons. The van der Waals surface area contributed by atoms with Gasteiger partial charge in [0.25, 0.3) is 0 Å². The molecule has 2 N–H and O–H groups in total. The summed E-state index contributed by atoms with van der Waals surface area (Å²) >= 11 is 0. The van der Waals surface area contributed by atoms with Crippen LogP contribution in [0.5, 0.6) is 0 Å². The van der Waals surface area contributed by atoms with Crippen LogP contribution >= 0.6 is 0 Å². The Morgan fingerprint density at radius 2 is 1.89 bits per heavy atom. The molecule has 2 aromatic carbocycles. The van der Waals surface area contributed by atoms with Gasteiger partial charge in [-0.1, -0.05) is 70.5 Å². The molecule has 4 rings (SSSR count). The van der Waals surface area contributed by atoms with Crippen LogP contribution in [0, 0.1) is 11.6 Å². The van der Waals surface area contributed by atoms with E-state index in [0.717, 1.165) is 18.9 Å². The van der Waals surface area contributed by atoms with Crippen LogP contribution in [-0.4, -0.2) is 23.1 Å². The molecule has 0 spiro atoms. The van der Waals surface area contributed by atoms with E-state index < -0.39 is 17.7 Å². The van der Waals surface area contributed by atoms with Gasteiger partial charge in [0.15, 0.2) is 5.82 Å². The van der Waals surface area contributed by atoms with Gasteiger partial charge in [0.1, 0.15) is 17.4 Å². The SMILES string of the molecule is CCC[C@H](NC1CCc2c(F)cc(F)cc2C1)C(=O)Nc1cc(C(C)Cc2ccc(C(C)(C)C)cc2)on1. The third kappa shape index (κ3) is 6.87. The minimum absolute atomic E-state index is 0.0384. The maximum absolute atomic E-state index is 14.1. The summed E-state index contributed by atoms with van der Waals surface area (Å²) in [5.41, 5.74) is 3.88. The van der Waals surface area contributed by atoms with E-state index in [-0.39, 0.29) is 23.3 Å². The average molecular weight is 524 g/mol. The van der Waals surface area contributed by atoms with Crippen molar-refractivity contribution in [3.8, 4) is 0 Å². The highest BCUT2D eigenvalue weighted by Gasteiger charge is 2.27. The van der Waals surface area contributed by atoms with E-state index >= 15 is 0 Å². The van der Waals surface area contributed by atoms with Crippen molar-refractivity contribution in [1.82, 2.24) is 10.5 Å². The van der Waals surface area contributed by atoms with Gasteiger partial charge in [-0.05, 0) is 65.8 Å². The fraction of sp³-hybridized carbons (Fsp3) is 0.484. The van der Waals surface area contributed by atoms with Crippen LogP contribution in [0.4, 0.5) is 14.6 Å². The van der Waals surface area contributed by atoms with Crippen molar-refractivity contribution in [3.05, 3.63) is 82.1 Å². The van der Waals surface area contributed by atoms with Crippen molar-refractivity contribution >= 4 is 11.7 Å². The van der Waals surface area contributed by atoms with Gasteiger partial charge in [0.05, 0.1) is 6.04 Å². The number of carbonyl (C=O) groups is 1. The molecule has 5 nitrogen and oxygen atoms in total. The topological polar surface area (TPSA) is 67.2 Å². The number of anilines is 1. The first kappa shape index (κ1) is 28.0. The Hall–Kier alpha value is -3.06. The van der Waals surface area contributed by atoms with Crippen LogP contribution in [0.1, 0.15) is 87.8 Å². The highest BCUT2D eigenvalue weighted by Crippen LogP contribution is 2.27. The Morgan fingerprint density at radius 1 is 1.16 bits per heavy atom. The molecule has 1 aromatic heterocycles. The first-order chi connectivity index (χ1) is 18.0. The average Bonchev–Trinajstić information content (AvgIpc) is 3.32. The Balaban J connectivity index is 1.35. The summed E-state index contributed by atoms with van der Waals surface area (Å²) in [5.74, 6) is -0.0363. The molecule has 0 radical (unpaired) electrons. The lowest BCUT2D eigenvalue weighted by molar-refractivity contribution is -0.118. The van der Waals surface area contributed by atoms with Crippen molar-refractivity contribution in [1.29, 1.82) is 0 Å². The molecule has 3 aromatic rings. The standard InChI is InChI=1S/C31H39F2N3O2/c1-6-7-27(34-24-12-13-25-21(16-24)15-23(32)17-26(25)33)30(37)35-29-18-28(38-36-29)19(2)14-20-8-10-22(11-9-20)31(3,4)5/h8-11,15,17-19,24,27,34H,6-7,12-14,16H2,1-5H3,(H,35,36,37)/t19?,24?,27-/m0/s1. The molecular formula is C31H39F2N3O2. The van der Waals surface area contributed by atoms with Crippen molar-refractivity contribution in [3.63, 3.8) is 0 Å². The summed E-state index contributed by atoms with van der Waals surface area (Å²) in [5, 5.41) is 10.4. The van der Waals surface area contributed by atoms with E-state index in [4.69, 9.17) is 4.52 Å². The quantitative estimate of drug-likeness (QED) is 0.322. The molecule has 1 aliphatic rings. The van der Waals surface area contributed by atoms with Crippen LogP contribution in [0.3, 0.4) is 0 Å². The summed E-state index contributed by atoms with van der Waals surface area (Å²) in [6.45, 7) is 10.7. The van der Waals surface area contributed by atoms with Gasteiger partial charge < -0.3 is 15.2 Å². The van der Waals surface area contributed by atoms with E-state index in [1.165, 1.54) is 17.2 Å². The Bertz CT molecular complexity index is 1250. The van der Waals surface area contributed by atoms with Gasteiger partial charge in [0, 0.05) is 24.1 Å². The van der Waals surface area contributed by atoms with Crippen molar-refractivity contribution in [2.75, 3.05) is 5.32 Å². The number of halogens is 2. The molecule has 38 heavy (non-hydrogen) atoms. The molecule has 1 heterocycles. The number of rotatable bonds is 9. The highest BCUT2D eigenvalue weighted by molar-refractivity contribution is 5.94. The maximum atomic E-state index is 14.1. The van der Waals surface area contributed by atoms with Crippen LogP contribution < -0.4 is 10.6 Å². The van der Waals surface area contributed by atoms with Crippen LogP contribution in [0.25, 0.3) is 0 Å². The fourth-order valence-corrected chi connectivity index (χ4v) is 5.20. The number of benzene rings is 2. The van der Waals surface area contributed by atoms with E-state index in [1.54, 1.807) is 6.07 Å². The number of hydrogen-bond donors (Lipinski definition) is 2. The molecule has 0 saturated heterocycles. The molecule has 7 heteroatoms. The first-order valence-corrected chi connectivity index (χ1v) is 13.6. The zero-order valence-electron chi connectivity index (χ0n) is 23.0. The predicted octanol–water partition coefficient (Wildman–Crippen LogP) is 6.85. The van der Waals surface area contributed by atoms with E-state index in [9.17, 15) is 13.6 Å². The van der Waals surface area contributed by atoms with Crippen molar-refractivity contribution < 1.29 is 18.1 Å². The molecule has 2 unspecified atom stereocenters. The van der Waals surface area contributed by atoms with Crippen molar-refractivity contribution in [2.24, 2.45) is 0 Å². The van der Waals surface area contributed by atoms with Crippen LogP contribution in [-0.2, 0) is 29.5 Å². The first-order valence-electron chi connectivity index (χ1n) is 13.6. The Kier molecular flexibility index (Phi) is 8.66. The minimum Gasteiger partial charge on any atom is -0.359 e. The van der Waals surface area contributed by atoms with Crippen LogP contribution in [0.15, 0.2) is 47.0 Å². The number of hydrogen-bond acceptors (Lipinski definition) is 4. The summed E-state index contributed by atoms with van der Waals surface area (Å²) in [6, 6.07) is 12.3. The van der Waals surface area contributed by atoms with Gasteiger partial charge in [-0.2, -0.15) is 0 Å². The molecule has 3 atom stereocenters. The van der Waals surface area contributed by atoms with E-state index in [2.05, 4.69) is 67.8 Å². The summed E-state index contributed by atoms with van der Waals surface area (Å²) in [6.07, 6.45) is 3.94. The number of carbonyl (C=O) groups excluding carboxylic acids is 1. The predicted molar refractivity (Wildman–Crippen MR) is 146 cm³/mol. The zero-order chi connectivity index (χ0) is 27.4. The second-order valence-corrected chi connectivity index (χ2v) is 11.6. The van der Waals surface area contributed by atoms with Crippen LogP contribution in [0.2, 0.25) is 0 Å².